The molecule has 1 aliphatic rings. The lowest BCUT2D eigenvalue weighted by Crippen LogP contribution is -2.29. The number of aliphatic hydroxyl groups is 1. The first-order valence-corrected chi connectivity index (χ1v) is 9.16. The summed E-state index contributed by atoms with van der Waals surface area (Å²) in [7, 11) is 0. The van der Waals surface area contributed by atoms with E-state index >= 15 is 0 Å². The Morgan fingerprint density at radius 3 is 2.14 bits per heavy atom. The summed E-state index contributed by atoms with van der Waals surface area (Å²) in [4.78, 5) is 27.2. The van der Waals surface area contributed by atoms with Gasteiger partial charge in [0.1, 0.15) is 11.6 Å². The molecule has 144 valence electrons. The molecule has 0 aromatic heterocycles. The Labute approximate surface area is 167 Å². The third kappa shape index (κ3) is 3.31. The topological polar surface area (TPSA) is 57.6 Å². The maximum atomic E-state index is 13.4. The minimum Gasteiger partial charge on any atom is -0.507 e. The van der Waals surface area contributed by atoms with E-state index < -0.39 is 23.5 Å². The highest BCUT2D eigenvalue weighted by Gasteiger charge is 2.46. The summed E-state index contributed by atoms with van der Waals surface area (Å²) in [6, 6.07) is 20.6. The maximum absolute atomic E-state index is 13.4. The number of anilines is 1. The summed E-state index contributed by atoms with van der Waals surface area (Å²) in [5, 5.41) is 10.9. The second-order valence-electron chi connectivity index (χ2n) is 6.92. The lowest BCUT2D eigenvalue weighted by Gasteiger charge is -2.25. The van der Waals surface area contributed by atoms with E-state index in [1.807, 2.05) is 31.2 Å². The average Bonchev–Trinajstić information content (AvgIpc) is 3.00. The number of rotatable bonds is 3. The van der Waals surface area contributed by atoms with Crippen LogP contribution in [-0.2, 0) is 9.59 Å². The number of aliphatic hydroxyl groups excluding tert-OH is 1. The van der Waals surface area contributed by atoms with E-state index in [9.17, 15) is 19.1 Å². The normalized spacial score (nSPS) is 18.3. The summed E-state index contributed by atoms with van der Waals surface area (Å²) in [5.74, 6) is -2.22. The van der Waals surface area contributed by atoms with Crippen LogP contribution in [0.3, 0.4) is 0 Å². The second kappa shape index (κ2) is 7.36. The molecule has 3 aromatic carbocycles. The molecule has 1 fully saturated rings. The SMILES string of the molecule is Cc1ccc(C2C(=C(O)c3ccccc3)C(=O)C(=O)N2c2ccc(F)cc2)cc1. The molecule has 0 saturated carbocycles. The van der Waals surface area contributed by atoms with Gasteiger partial charge in [-0.3, -0.25) is 14.5 Å². The number of nitrogens with zero attached hydrogens (tertiary/aromatic N) is 1. The van der Waals surface area contributed by atoms with Crippen molar-refractivity contribution in [2.75, 3.05) is 4.90 Å². The largest absolute Gasteiger partial charge is 0.507 e. The summed E-state index contributed by atoms with van der Waals surface area (Å²) in [6.45, 7) is 1.94. The zero-order chi connectivity index (χ0) is 20.5. The lowest BCUT2D eigenvalue weighted by atomic mass is 9.94. The molecule has 1 aliphatic heterocycles. The fraction of sp³-hybridized carbons (Fsp3) is 0.0833. The van der Waals surface area contributed by atoms with Gasteiger partial charge < -0.3 is 5.11 Å². The van der Waals surface area contributed by atoms with Crippen LogP contribution in [0.1, 0.15) is 22.7 Å². The third-order valence-corrected chi connectivity index (χ3v) is 4.99. The van der Waals surface area contributed by atoms with Gasteiger partial charge >= 0.3 is 0 Å². The minimum atomic E-state index is -0.818. The Morgan fingerprint density at radius 2 is 1.52 bits per heavy atom. The van der Waals surface area contributed by atoms with Crippen molar-refractivity contribution in [3.05, 3.63) is 107 Å². The van der Waals surface area contributed by atoms with Gasteiger partial charge in [0.25, 0.3) is 11.7 Å². The summed E-state index contributed by atoms with van der Waals surface area (Å²) in [5.41, 5.74) is 2.54. The molecule has 0 spiro atoms. The number of carbonyl (C=O) groups is 2. The van der Waals surface area contributed by atoms with Gasteiger partial charge in [0, 0.05) is 11.3 Å². The Morgan fingerprint density at radius 1 is 0.897 bits per heavy atom. The van der Waals surface area contributed by atoms with Crippen LogP contribution < -0.4 is 4.90 Å². The van der Waals surface area contributed by atoms with Crippen LogP contribution in [0.4, 0.5) is 10.1 Å². The highest BCUT2D eigenvalue weighted by atomic mass is 19.1. The van der Waals surface area contributed by atoms with Crippen molar-refractivity contribution in [3.8, 4) is 0 Å². The van der Waals surface area contributed by atoms with E-state index in [4.69, 9.17) is 0 Å². The zero-order valence-electron chi connectivity index (χ0n) is 15.7. The van der Waals surface area contributed by atoms with E-state index in [0.717, 1.165) is 5.56 Å². The Bertz CT molecular complexity index is 1100. The van der Waals surface area contributed by atoms with Crippen LogP contribution in [-0.4, -0.2) is 16.8 Å². The average molecular weight is 387 g/mol. The van der Waals surface area contributed by atoms with Gasteiger partial charge in [-0.1, -0.05) is 60.2 Å². The van der Waals surface area contributed by atoms with E-state index in [0.29, 0.717) is 16.8 Å². The quantitative estimate of drug-likeness (QED) is 0.400. The van der Waals surface area contributed by atoms with Gasteiger partial charge in [-0.2, -0.15) is 0 Å². The van der Waals surface area contributed by atoms with Crippen molar-refractivity contribution in [1.82, 2.24) is 0 Å². The fourth-order valence-corrected chi connectivity index (χ4v) is 3.52. The standard InChI is InChI=1S/C24H18FNO3/c1-15-7-9-16(10-8-15)21-20(22(27)17-5-3-2-4-6-17)23(28)24(29)26(21)19-13-11-18(25)12-14-19/h2-14,21,27H,1H3. The third-order valence-electron chi connectivity index (χ3n) is 4.99. The fourth-order valence-electron chi connectivity index (χ4n) is 3.52. The zero-order valence-corrected chi connectivity index (χ0v) is 15.7. The van der Waals surface area contributed by atoms with Gasteiger partial charge in [0.2, 0.25) is 0 Å². The molecule has 1 saturated heterocycles. The highest BCUT2D eigenvalue weighted by Crippen LogP contribution is 2.42. The minimum absolute atomic E-state index is 0.00868. The molecule has 1 unspecified atom stereocenters. The number of Topliss-reactive ketones (excluding diaryl/α,β-unsaturated/α-hetero) is 1. The number of carbonyl (C=O) groups excluding carboxylic acids is 2. The molecule has 5 heteroatoms. The lowest BCUT2D eigenvalue weighted by molar-refractivity contribution is -0.132. The first-order chi connectivity index (χ1) is 14.0. The van der Waals surface area contributed by atoms with Crippen LogP contribution in [0.25, 0.3) is 5.76 Å². The summed E-state index contributed by atoms with van der Waals surface area (Å²) < 4.78 is 13.4. The first-order valence-electron chi connectivity index (χ1n) is 9.16. The van der Waals surface area contributed by atoms with Crippen LogP contribution >= 0.6 is 0 Å². The van der Waals surface area contributed by atoms with Crippen LogP contribution in [0, 0.1) is 12.7 Å². The van der Waals surface area contributed by atoms with E-state index in [1.165, 1.54) is 29.2 Å². The molecule has 29 heavy (non-hydrogen) atoms. The monoisotopic (exact) mass is 387 g/mol. The van der Waals surface area contributed by atoms with Crippen molar-refractivity contribution in [3.63, 3.8) is 0 Å². The predicted molar refractivity (Wildman–Crippen MR) is 109 cm³/mol. The molecule has 3 aromatic rings. The number of amides is 1. The number of hydrogen-bond acceptors (Lipinski definition) is 3. The molecule has 4 nitrogen and oxygen atoms in total. The van der Waals surface area contributed by atoms with Gasteiger partial charge in [-0.05, 0) is 36.8 Å². The molecule has 1 amide bonds. The smallest absolute Gasteiger partial charge is 0.300 e. The molecular formula is C24H18FNO3. The molecule has 1 heterocycles. The Hall–Kier alpha value is -3.73. The predicted octanol–water partition coefficient (Wildman–Crippen LogP) is 4.76. The van der Waals surface area contributed by atoms with Crippen LogP contribution in [0.5, 0.6) is 0 Å². The molecule has 4 rings (SSSR count). The molecule has 0 aliphatic carbocycles. The highest BCUT2D eigenvalue weighted by molar-refractivity contribution is 6.51. The van der Waals surface area contributed by atoms with Gasteiger partial charge in [0.15, 0.2) is 0 Å². The van der Waals surface area contributed by atoms with E-state index in [-0.39, 0.29) is 11.3 Å². The number of benzene rings is 3. The molecule has 1 atom stereocenters. The van der Waals surface area contributed by atoms with E-state index in [2.05, 4.69) is 0 Å². The maximum Gasteiger partial charge on any atom is 0.300 e. The van der Waals surface area contributed by atoms with Gasteiger partial charge in [0.05, 0.1) is 11.6 Å². The van der Waals surface area contributed by atoms with Crippen molar-refractivity contribution in [1.29, 1.82) is 0 Å². The number of aryl methyl sites for hydroxylation is 1. The Kier molecular flexibility index (Phi) is 4.72. The molecule has 0 bridgehead atoms. The van der Waals surface area contributed by atoms with Crippen molar-refractivity contribution < 1.29 is 19.1 Å². The molecule has 0 radical (unpaired) electrons. The second-order valence-corrected chi connectivity index (χ2v) is 6.92. The van der Waals surface area contributed by atoms with Crippen LogP contribution in [0.2, 0.25) is 0 Å². The van der Waals surface area contributed by atoms with Crippen molar-refractivity contribution in [2.45, 2.75) is 13.0 Å². The number of halogens is 1. The number of hydrogen-bond donors (Lipinski definition) is 1. The van der Waals surface area contributed by atoms with Crippen LogP contribution in [0.15, 0.2) is 84.4 Å². The van der Waals surface area contributed by atoms with E-state index in [1.54, 1.807) is 30.3 Å². The molecular weight excluding hydrogens is 369 g/mol. The Balaban J connectivity index is 1.94. The first kappa shape index (κ1) is 18.6. The summed E-state index contributed by atoms with van der Waals surface area (Å²) >= 11 is 0. The van der Waals surface area contributed by atoms with Crippen molar-refractivity contribution >= 4 is 23.1 Å². The summed E-state index contributed by atoms with van der Waals surface area (Å²) in [6.07, 6.45) is 0. The van der Waals surface area contributed by atoms with Gasteiger partial charge in [-0.15, -0.1) is 0 Å². The van der Waals surface area contributed by atoms with Gasteiger partial charge in [-0.25, -0.2) is 4.39 Å². The number of ketones is 1. The van der Waals surface area contributed by atoms with Crippen molar-refractivity contribution in [2.24, 2.45) is 0 Å². The molecule has 1 N–H and O–H groups in total.